The van der Waals surface area contributed by atoms with Crippen molar-refractivity contribution < 1.29 is 4.74 Å². The zero-order chi connectivity index (χ0) is 16.2. The van der Waals surface area contributed by atoms with Crippen LogP contribution in [-0.2, 0) is 6.61 Å². The van der Waals surface area contributed by atoms with Gasteiger partial charge in [0.2, 0.25) is 0 Å². The molecule has 142 valence electrons. The van der Waals surface area contributed by atoms with Crippen LogP contribution in [0.4, 0.5) is 0 Å². The van der Waals surface area contributed by atoms with Gasteiger partial charge in [-0.15, -0.1) is 24.8 Å². The lowest BCUT2D eigenvalue weighted by Crippen LogP contribution is -2.45. The summed E-state index contributed by atoms with van der Waals surface area (Å²) >= 11 is 0. The summed E-state index contributed by atoms with van der Waals surface area (Å²) in [5, 5.41) is 3.46. The number of halogens is 2. The van der Waals surface area contributed by atoms with Gasteiger partial charge in [0.15, 0.2) is 0 Å². The third-order valence-corrected chi connectivity index (χ3v) is 5.08. The van der Waals surface area contributed by atoms with Gasteiger partial charge in [-0.05, 0) is 42.0 Å². The molecule has 1 heterocycles. The van der Waals surface area contributed by atoms with E-state index < -0.39 is 0 Å². The second kappa shape index (κ2) is 10.2. The molecule has 4 rings (SSSR count). The van der Waals surface area contributed by atoms with Gasteiger partial charge in [0, 0.05) is 32.2 Å². The van der Waals surface area contributed by atoms with Crippen LogP contribution in [0.15, 0.2) is 54.6 Å². The van der Waals surface area contributed by atoms with Gasteiger partial charge in [-0.2, -0.15) is 0 Å². The molecule has 2 aromatic rings. The van der Waals surface area contributed by atoms with E-state index in [0.29, 0.717) is 12.6 Å². The number of piperazine rings is 1. The number of nitrogens with one attached hydrogen (secondary N) is 1. The van der Waals surface area contributed by atoms with Crippen LogP contribution in [-0.4, -0.2) is 31.1 Å². The summed E-state index contributed by atoms with van der Waals surface area (Å²) in [6.07, 6.45) is 2.75. The first-order chi connectivity index (χ1) is 11.9. The second-order valence-corrected chi connectivity index (χ2v) is 6.91. The SMILES string of the molecule is Cl.Cl.c1ccc(COc2ccc([C@H](C3CC3)N3CCNCC3)cc2)cc1. The minimum atomic E-state index is 0. The maximum Gasteiger partial charge on any atom is 0.119 e. The molecule has 2 aliphatic rings. The number of nitrogens with zero attached hydrogens (tertiary/aromatic N) is 1. The lowest BCUT2D eigenvalue weighted by Gasteiger charge is -2.35. The number of ether oxygens (including phenoxy) is 1. The van der Waals surface area contributed by atoms with Crippen molar-refractivity contribution in [1.29, 1.82) is 0 Å². The minimum Gasteiger partial charge on any atom is -0.489 e. The van der Waals surface area contributed by atoms with Gasteiger partial charge in [-0.1, -0.05) is 42.5 Å². The average Bonchev–Trinajstić information content (AvgIpc) is 3.48. The molecule has 1 atom stereocenters. The van der Waals surface area contributed by atoms with Gasteiger partial charge < -0.3 is 10.1 Å². The normalized spacial score (nSPS) is 18.3. The summed E-state index contributed by atoms with van der Waals surface area (Å²) in [5.41, 5.74) is 2.66. The van der Waals surface area contributed by atoms with Gasteiger partial charge >= 0.3 is 0 Å². The Morgan fingerprint density at radius 3 is 2.19 bits per heavy atom. The van der Waals surface area contributed by atoms with Crippen LogP contribution in [0.2, 0.25) is 0 Å². The Morgan fingerprint density at radius 1 is 0.923 bits per heavy atom. The Morgan fingerprint density at radius 2 is 1.58 bits per heavy atom. The molecule has 0 unspecified atom stereocenters. The van der Waals surface area contributed by atoms with E-state index in [2.05, 4.69) is 58.7 Å². The van der Waals surface area contributed by atoms with Crippen molar-refractivity contribution in [3.05, 3.63) is 65.7 Å². The molecule has 26 heavy (non-hydrogen) atoms. The van der Waals surface area contributed by atoms with Gasteiger partial charge in [0.1, 0.15) is 12.4 Å². The van der Waals surface area contributed by atoms with E-state index in [-0.39, 0.29) is 24.8 Å². The predicted octanol–water partition coefficient (Wildman–Crippen LogP) is 4.47. The van der Waals surface area contributed by atoms with Crippen LogP contribution in [0, 0.1) is 5.92 Å². The minimum absolute atomic E-state index is 0. The lowest BCUT2D eigenvalue weighted by molar-refractivity contribution is 0.156. The molecule has 2 fully saturated rings. The monoisotopic (exact) mass is 394 g/mol. The van der Waals surface area contributed by atoms with E-state index in [1.807, 2.05) is 6.07 Å². The molecule has 0 amide bonds. The number of hydrogen-bond acceptors (Lipinski definition) is 3. The van der Waals surface area contributed by atoms with Crippen LogP contribution in [0.25, 0.3) is 0 Å². The Kier molecular flexibility index (Phi) is 8.23. The first kappa shape index (κ1) is 21.0. The molecule has 0 bridgehead atoms. The highest BCUT2D eigenvalue weighted by atomic mass is 35.5. The predicted molar refractivity (Wildman–Crippen MR) is 112 cm³/mol. The molecule has 1 saturated heterocycles. The van der Waals surface area contributed by atoms with E-state index in [9.17, 15) is 0 Å². The molecular formula is C21H28Cl2N2O. The summed E-state index contributed by atoms with van der Waals surface area (Å²) in [7, 11) is 0. The summed E-state index contributed by atoms with van der Waals surface area (Å²) in [6, 6.07) is 19.7. The highest BCUT2D eigenvalue weighted by molar-refractivity contribution is 5.85. The highest BCUT2D eigenvalue weighted by Crippen LogP contribution is 2.44. The van der Waals surface area contributed by atoms with Crippen molar-refractivity contribution in [1.82, 2.24) is 10.2 Å². The summed E-state index contributed by atoms with van der Waals surface area (Å²) in [6.45, 7) is 5.17. The van der Waals surface area contributed by atoms with Crippen molar-refractivity contribution in [3.8, 4) is 5.75 Å². The Bertz CT molecular complexity index is 641. The molecule has 0 radical (unpaired) electrons. The Hall–Kier alpha value is -1.26. The van der Waals surface area contributed by atoms with Crippen LogP contribution < -0.4 is 10.1 Å². The van der Waals surface area contributed by atoms with E-state index in [0.717, 1.165) is 37.8 Å². The summed E-state index contributed by atoms with van der Waals surface area (Å²) in [5.74, 6) is 1.80. The average molecular weight is 395 g/mol. The van der Waals surface area contributed by atoms with Crippen molar-refractivity contribution >= 4 is 24.8 Å². The van der Waals surface area contributed by atoms with E-state index in [1.54, 1.807) is 0 Å². The third kappa shape index (κ3) is 5.37. The molecule has 0 spiro atoms. The van der Waals surface area contributed by atoms with Crippen LogP contribution in [0.5, 0.6) is 5.75 Å². The molecule has 2 aromatic carbocycles. The number of hydrogen-bond donors (Lipinski definition) is 1. The highest BCUT2D eigenvalue weighted by Gasteiger charge is 2.36. The topological polar surface area (TPSA) is 24.5 Å². The van der Waals surface area contributed by atoms with Crippen LogP contribution in [0.3, 0.4) is 0 Å². The third-order valence-electron chi connectivity index (χ3n) is 5.08. The largest absolute Gasteiger partial charge is 0.489 e. The molecule has 0 aromatic heterocycles. The summed E-state index contributed by atoms with van der Waals surface area (Å²) in [4.78, 5) is 2.66. The molecular weight excluding hydrogens is 367 g/mol. The first-order valence-corrected chi connectivity index (χ1v) is 9.11. The van der Waals surface area contributed by atoms with E-state index in [4.69, 9.17) is 4.74 Å². The van der Waals surface area contributed by atoms with Crippen molar-refractivity contribution in [2.75, 3.05) is 26.2 Å². The Labute approximate surface area is 168 Å². The van der Waals surface area contributed by atoms with Crippen LogP contribution >= 0.6 is 24.8 Å². The fourth-order valence-corrected chi connectivity index (χ4v) is 3.66. The van der Waals surface area contributed by atoms with Gasteiger partial charge in [-0.3, -0.25) is 4.90 Å². The quantitative estimate of drug-likeness (QED) is 0.781. The van der Waals surface area contributed by atoms with Crippen molar-refractivity contribution in [3.63, 3.8) is 0 Å². The zero-order valence-corrected chi connectivity index (χ0v) is 16.6. The maximum absolute atomic E-state index is 5.92. The molecule has 1 aliphatic carbocycles. The van der Waals surface area contributed by atoms with Gasteiger partial charge in [0.05, 0.1) is 0 Å². The van der Waals surface area contributed by atoms with Gasteiger partial charge in [0.25, 0.3) is 0 Å². The molecule has 3 nitrogen and oxygen atoms in total. The number of rotatable bonds is 6. The van der Waals surface area contributed by atoms with Crippen molar-refractivity contribution in [2.24, 2.45) is 5.92 Å². The lowest BCUT2D eigenvalue weighted by atomic mass is 9.99. The number of benzene rings is 2. The van der Waals surface area contributed by atoms with E-state index in [1.165, 1.54) is 24.0 Å². The fourth-order valence-electron chi connectivity index (χ4n) is 3.66. The maximum atomic E-state index is 5.92. The van der Waals surface area contributed by atoms with Crippen molar-refractivity contribution in [2.45, 2.75) is 25.5 Å². The smallest absolute Gasteiger partial charge is 0.119 e. The fraction of sp³-hybridized carbons (Fsp3) is 0.429. The standard InChI is InChI=1S/C21H26N2O.2ClH/c1-2-4-17(5-3-1)16-24-20-10-8-19(9-11-20)21(18-6-7-18)23-14-12-22-13-15-23;;/h1-5,8-11,18,21-22H,6-7,12-16H2;2*1H/t21-;;/m0../s1. The second-order valence-electron chi connectivity index (χ2n) is 6.91. The molecule has 5 heteroatoms. The Balaban J connectivity index is 0.00000121. The molecule has 1 saturated carbocycles. The zero-order valence-electron chi connectivity index (χ0n) is 15.0. The van der Waals surface area contributed by atoms with E-state index >= 15 is 0 Å². The molecule has 1 N–H and O–H groups in total. The summed E-state index contributed by atoms with van der Waals surface area (Å²) < 4.78 is 5.92. The van der Waals surface area contributed by atoms with Gasteiger partial charge in [-0.25, -0.2) is 0 Å². The molecule has 1 aliphatic heterocycles. The first-order valence-electron chi connectivity index (χ1n) is 9.11. The van der Waals surface area contributed by atoms with Crippen LogP contribution in [0.1, 0.15) is 30.0 Å².